The molecule has 1 aromatic heterocycles. The first-order chi connectivity index (χ1) is 11.9. The molecule has 0 amide bonds. The minimum Gasteiger partial charge on any atom is -0.338 e. The Morgan fingerprint density at radius 2 is 1.40 bits per heavy atom. The molecule has 0 spiro atoms. The molecule has 0 aliphatic heterocycles. The zero-order chi connectivity index (χ0) is 17.9. The fraction of sp³-hybridized carbons (Fsp3) is 0.333. The number of benzene rings is 2. The molecular weight excluding hydrogens is 310 g/mol. The zero-order valence-corrected chi connectivity index (χ0v) is 15.2. The maximum absolute atomic E-state index is 5.50. The summed E-state index contributed by atoms with van der Waals surface area (Å²) in [6.07, 6.45) is 0. The molecule has 4 nitrogen and oxygen atoms in total. The molecule has 4 heteroatoms. The van der Waals surface area contributed by atoms with E-state index in [1.165, 1.54) is 11.1 Å². The van der Waals surface area contributed by atoms with Crippen molar-refractivity contribution in [1.82, 2.24) is 15.5 Å². The molecule has 1 atom stereocenters. The van der Waals surface area contributed by atoms with Gasteiger partial charge in [0.15, 0.2) is 5.82 Å². The van der Waals surface area contributed by atoms with Crippen LogP contribution in [0, 0.1) is 0 Å². The lowest BCUT2D eigenvalue weighted by Gasteiger charge is -2.22. The van der Waals surface area contributed by atoms with Crippen LogP contribution in [0.5, 0.6) is 0 Å². The van der Waals surface area contributed by atoms with Gasteiger partial charge in [0.1, 0.15) is 0 Å². The van der Waals surface area contributed by atoms with Crippen LogP contribution in [-0.2, 0) is 5.41 Å². The van der Waals surface area contributed by atoms with E-state index in [0.717, 1.165) is 5.82 Å². The van der Waals surface area contributed by atoms with Gasteiger partial charge in [0, 0.05) is 5.41 Å². The molecule has 1 heterocycles. The minimum atomic E-state index is -0.125. The minimum absolute atomic E-state index is 0.0578. The zero-order valence-electron chi connectivity index (χ0n) is 15.2. The second-order valence-corrected chi connectivity index (χ2v) is 7.35. The summed E-state index contributed by atoms with van der Waals surface area (Å²) in [5.41, 5.74) is 2.28. The molecule has 1 N–H and O–H groups in total. The van der Waals surface area contributed by atoms with Crippen molar-refractivity contribution >= 4 is 0 Å². The lowest BCUT2D eigenvalue weighted by atomic mass is 9.96. The topological polar surface area (TPSA) is 51.0 Å². The van der Waals surface area contributed by atoms with Gasteiger partial charge in [-0.05, 0) is 18.1 Å². The van der Waals surface area contributed by atoms with Crippen molar-refractivity contribution in [1.29, 1.82) is 0 Å². The molecule has 3 rings (SSSR count). The summed E-state index contributed by atoms with van der Waals surface area (Å²) in [5, 5.41) is 7.77. The molecule has 0 aliphatic carbocycles. The predicted octanol–water partition coefficient (Wildman–Crippen LogP) is 4.81. The Bertz CT molecular complexity index is 751. The van der Waals surface area contributed by atoms with E-state index in [1.54, 1.807) is 0 Å². The molecule has 0 aliphatic rings. The van der Waals surface area contributed by atoms with Gasteiger partial charge < -0.3 is 4.52 Å². The van der Waals surface area contributed by atoms with Gasteiger partial charge in [-0.25, -0.2) is 0 Å². The van der Waals surface area contributed by atoms with E-state index >= 15 is 0 Å². The molecule has 0 radical (unpaired) electrons. The summed E-state index contributed by atoms with van der Waals surface area (Å²) in [6.45, 7) is 8.29. The third-order valence-electron chi connectivity index (χ3n) is 4.17. The van der Waals surface area contributed by atoms with E-state index in [1.807, 2.05) is 12.1 Å². The SMILES string of the molecule is CC(NC(c1ccccc1)c1ccccc1)c1nc(C(C)(C)C)no1. The average Bonchev–Trinajstić information content (AvgIpc) is 3.12. The molecule has 25 heavy (non-hydrogen) atoms. The van der Waals surface area contributed by atoms with Crippen LogP contribution < -0.4 is 5.32 Å². The van der Waals surface area contributed by atoms with Crippen molar-refractivity contribution in [2.45, 2.75) is 45.2 Å². The average molecular weight is 335 g/mol. The standard InChI is InChI=1S/C21H25N3O/c1-15(19-23-20(24-25-19)21(2,3)4)22-18(16-11-7-5-8-12-16)17-13-9-6-10-14-17/h5-15,18,22H,1-4H3. The second-order valence-electron chi connectivity index (χ2n) is 7.35. The number of nitrogens with one attached hydrogen (secondary N) is 1. The number of rotatable bonds is 5. The van der Waals surface area contributed by atoms with E-state index in [4.69, 9.17) is 4.52 Å². The molecule has 0 saturated heterocycles. The molecule has 0 bridgehead atoms. The molecule has 3 aromatic rings. The van der Waals surface area contributed by atoms with Crippen molar-refractivity contribution < 1.29 is 4.52 Å². The van der Waals surface area contributed by atoms with Crippen LogP contribution in [0.15, 0.2) is 65.2 Å². The van der Waals surface area contributed by atoms with Gasteiger partial charge in [-0.1, -0.05) is 86.6 Å². The van der Waals surface area contributed by atoms with E-state index < -0.39 is 0 Å². The third kappa shape index (κ3) is 4.15. The molecule has 1 unspecified atom stereocenters. The van der Waals surface area contributed by atoms with Crippen molar-refractivity contribution in [3.05, 3.63) is 83.5 Å². The fourth-order valence-electron chi connectivity index (χ4n) is 2.71. The van der Waals surface area contributed by atoms with E-state index in [0.29, 0.717) is 5.89 Å². The lowest BCUT2D eigenvalue weighted by molar-refractivity contribution is 0.324. The number of hydrogen-bond acceptors (Lipinski definition) is 4. The molecule has 2 aromatic carbocycles. The maximum Gasteiger partial charge on any atom is 0.243 e. The Labute approximate surface area is 149 Å². The van der Waals surface area contributed by atoms with Crippen LogP contribution in [0.2, 0.25) is 0 Å². The highest BCUT2D eigenvalue weighted by Crippen LogP contribution is 2.26. The van der Waals surface area contributed by atoms with Crippen LogP contribution >= 0.6 is 0 Å². The summed E-state index contributed by atoms with van der Waals surface area (Å²) in [7, 11) is 0. The largest absolute Gasteiger partial charge is 0.338 e. The first-order valence-corrected chi connectivity index (χ1v) is 8.65. The summed E-state index contributed by atoms with van der Waals surface area (Å²) < 4.78 is 5.50. The number of aromatic nitrogens is 2. The van der Waals surface area contributed by atoms with Gasteiger partial charge in [0.25, 0.3) is 0 Å². The van der Waals surface area contributed by atoms with Crippen LogP contribution in [0.25, 0.3) is 0 Å². The fourth-order valence-corrected chi connectivity index (χ4v) is 2.71. The van der Waals surface area contributed by atoms with Gasteiger partial charge in [-0.3, -0.25) is 5.32 Å². The number of nitrogens with zero attached hydrogens (tertiary/aromatic N) is 2. The highest BCUT2D eigenvalue weighted by atomic mass is 16.5. The summed E-state index contributed by atoms with van der Waals surface area (Å²) in [5.74, 6) is 1.34. The first kappa shape index (κ1) is 17.4. The van der Waals surface area contributed by atoms with Gasteiger partial charge >= 0.3 is 0 Å². The maximum atomic E-state index is 5.50. The van der Waals surface area contributed by atoms with Gasteiger partial charge in [-0.2, -0.15) is 4.98 Å². The first-order valence-electron chi connectivity index (χ1n) is 8.65. The smallest absolute Gasteiger partial charge is 0.243 e. The van der Waals surface area contributed by atoms with Crippen LogP contribution in [0.1, 0.15) is 62.6 Å². The molecule has 130 valence electrons. The molecular formula is C21H25N3O. The quantitative estimate of drug-likeness (QED) is 0.727. The van der Waals surface area contributed by atoms with Crippen molar-refractivity contribution in [3.63, 3.8) is 0 Å². The van der Waals surface area contributed by atoms with E-state index in [9.17, 15) is 0 Å². The third-order valence-corrected chi connectivity index (χ3v) is 4.17. The Kier molecular flexibility index (Phi) is 5.00. The molecule has 0 fully saturated rings. The Morgan fingerprint density at radius 3 is 1.84 bits per heavy atom. The van der Waals surface area contributed by atoms with Crippen LogP contribution in [0.3, 0.4) is 0 Å². The lowest BCUT2D eigenvalue weighted by Crippen LogP contribution is -2.26. The van der Waals surface area contributed by atoms with Crippen molar-refractivity contribution in [3.8, 4) is 0 Å². The Hall–Kier alpha value is -2.46. The van der Waals surface area contributed by atoms with Gasteiger partial charge in [0.2, 0.25) is 5.89 Å². The number of hydrogen-bond donors (Lipinski definition) is 1. The highest BCUT2D eigenvalue weighted by molar-refractivity contribution is 5.31. The van der Waals surface area contributed by atoms with Crippen LogP contribution in [-0.4, -0.2) is 10.1 Å². The Balaban J connectivity index is 1.87. The molecule has 0 saturated carbocycles. The monoisotopic (exact) mass is 335 g/mol. The van der Waals surface area contributed by atoms with Crippen molar-refractivity contribution in [2.24, 2.45) is 0 Å². The van der Waals surface area contributed by atoms with Crippen molar-refractivity contribution in [2.75, 3.05) is 0 Å². The normalized spacial score (nSPS) is 13.2. The van der Waals surface area contributed by atoms with Crippen LogP contribution in [0.4, 0.5) is 0 Å². The summed E-state index contributed by atoms with van der Waals surface area (Å²) in [4.78, 5) is 4.58. The Morgan fingerprint density at radius 1 is 0.880 bits per heavy atom. The second kappa shape index (κ2) is 7.19. The van der Waals surface area contributed by atoms with E-state index in [-0.39, 0.29) is 17.5 Å². The van der Waals surface area contributed by atoms with Gasteiger partial charge in [-0.15, -0.1) is 0 Å². The predicted molar refractivity (Wildman–Crippen MR) is 99.3 cm³/mol. The summed E-state index contributed by atoms with van der Waals surface area (Å²) in [6, 6.07) is 20.8. The highest BCUT2D eigenvalue weighted by Gasteiger charge is 2.25. The summed E-state index contributed by atoms with van der Waals surface area (Å²) >= 11 is 0. The van der Waals surface area contributed by atoms with E-state index in [2.05, 4.69) is 91.7 Å². The van der Waals surface area contributed by atoms with Gasteiger partial charge in [0.05, 0.1) is 12.1 Å².